The van der Waals surface area contributed by atoms with Crippen LogP contribution in [0.5, 0.6) is 0 Å². The maximum atomic E-state index is 2.67. The van der Waals surface area contributed by atoms with Crippen molar-refractivity contribution in [3.63, 3.8) is 0 Å². The number of hydrogen-bond donors (Lipinski definition) is 0. The second-order valence-electron chi connectivity index (χ2n) is 6.15. The molecule has 0 aliphatic carbocycles. The zero-order valence-corrected chi connectivity index (χ0v) is 13.4. The SMILES string of the molecule is CCCCCC(C)N1CCN(c2ccccc2C)CC1. The predicted molar refractivity (Wildman–Crippen MR) is 88.6 cm³/mol. The first-order valence-electron chi connectivity index (χ1n) is 8.27. The molecule has 2 nitrogen and oxygen atoms in total. The van der Waals surface area contributed by atoms with E-state index in [1.54, 1.807) is 0 Å². The number of para-hydroxylation sites is 1. The highest BCUT2D eigenvalue weighted by molar-refractivity contribution is 5.53. The summed E-state index contributed by atoms with van der Waals surface area (Å²) in [4.78, 5) is 5.22. The lowest BCUT2D eigenvalue weighted by Crippen LogP contribution is -2.49. The monoisotopic (exact) mass is 274 g/mol. The molecule has 2 heteroatoms. The number of hydrogen-bond acceptors (Lipinski definition) is 2. The van der Waals surface area contributed by atoms with Gasteiger partial charge in [-0.25, -0.2) is 0 Å². The van der Waals surface area contributed by atoms with Crippen LogP contribution < -0.4 is 4.90 Å². The fraction of sp³-hybridized carbons (Fsp3) is 0.667. The fourth-order valence-electron chi connectivity index (χ4n) is 3.19. The Morgan fingerprint density at radius 1 is 1.05 bits per heavy atom. The Morgan fingerprint density at radius 2 is 1.75 bits per heavy atom. The summed E-state index contributed by atoms with van der Waals surface area (Å²) in [6.07, 6.45) is 5.45. The summed E-state index contributed by atoms with van der Waals surface area (Å²) in [7, 11) is 0. The van der Waals surface area contributed by atoms with Crippen LogP contribution in [0.1, 0.15) is 45.1 Å². The molecule has 0 N–H and O–H groups in total. The smallest absolute Gasteiger partial charge is 0.0396 e. The summed E-state index contributed by atoms with van der Waals surface area (Å²) >= 11 is 0. The summed E-state index contributed by atoms with van der Waals surface area (Å²) < 4.78 is 0. The molecule has 0 amide bonds. The number of aryl methyl sites for hydroxylation is 1. The summed E-state index contributed by atoms with van der Waals surface area (Å²) in [5.74, 6) is 0. The third-order valence-corrected chi connectivity index (χ3v) is 4.62. The molecule has 112 valence electrons. The number of benzene rings is 1. The van der Waals surface area contributed by atoms with Gasteiger partial charge in [-0.15, -0.1) is 0 Å². The Labute approximate surface area is 124 Å². The molecule has 0 bridgehead atoms. The van der Waals surface area contributed by atoms with E-state index in [9.17, 15) is 0 Å². The summed E-state index contributed by atoms with van der Waals surface area (Å²) in [5.41, 5.74) is 2.82. The average molecular weight is 274 g/mol. The molecule has 0 aromatic heterocycles. The Kier molecular flexibility index (Phi) is 5.90. The number of unbranched alkanes of at least 4 members (excludes halogenated alkanes) is 2. The zero-order chi connectivity index (χ0) is 14.4. The molecular formula is C18H30N2. The molecule has 2 rings (SSSR count). The maximum Gasteiger partial charge on any atom is 0.0396 e. The van der Waals surface area contributed by atoms with Crippen molar-refractivity contribution in [3.05, 3.63) is 29.8 Å². The minimum Gasteiger partial charge on any atom is -0.369 e. The maximum absolute atomic E-state index is 2.67. The van der Waals surface area contributed by atoms with Gasteiger partial charge < -0.3 is 4.90 Å². The normalized spacial score (nSPS) is 18.2. The van der Waals surface area contributed by atoms with Crippen molar-refractivity contribution in [1.82, 2.24) is 4.90 Å². The van der Waals surface area contributed by atoms with E-state index in [0.717, 1.165) is 6.04 Å². The predicted octanol–water partition coefficient (Wildman–Crippen LogP) is 4.09. The summed E-state index contributed by atoms with van der Waals surface area (Å²) in [5, 5.41) is 0. The van der Waals surface area contributed by atoms with Gasteiger partial charge in [0.15, 0.2) is 0 Å². The van der Waals surface area contributed by atoms with Crippen LogP contribution in [0.25, 0.3) is 0 Å². The third kappa shape index (κ3) is 3.99. The van der Waals surface area contributed by atoms with Crippen molar-refractivity contribution in [1.29, 1.82) is 0 Å². The zero-order valence-electron chi connectivity index (χ0n) is 13.4. The van der Waals surface area contributed by atoms with Gasteiger partial charge in [-0.1, -0.05) is 44.4 Å². The van der Waals surface area contributed by atoms with Crippen LogP contribution in [-0.4, -0.2) is 37.1 Å². The number of anilines is 1. The van der Waals surface area contributed by atoms with Crippen LogP contribution in [0.4, 0.5) is 5.69 Å². The van der Waals surface area contributed by atoms with Crippen molar-refractivity contribution in [3.8, 4) is 0 Å². The van der Waals surface area contributed by atoms with E-state index < -0.39 is 0 Å². The van der Waals surface area contributed by atoms with Crippen molar-refractivity contribution in [2.45, 2.75) is 52.5 Å². The lowest BCUT2D eigenvalue weighted by Gasteiger charge is -2.39. The van der Waals surface area contributed by atoms with Crippen molar-refractivity contribution in [2.75, 3.05) is 31.1 Å². The molecule has 1 aliphatic rings. The van der Waals surface area contributed by atoms with Gasteiger partial charge in [0.1, 0.15) is 0 Å². The lowest BCUT2D eigenvalue weighted by atomic mass is 10.1. The first-order chi connectivity index (χ1) is 9.72. The molecule has 1 atom stereocenters. The standard InChI is InChI=1S/C18H30N2/c1-4-5-6-10-17(3)19-12-14-20(15-13-19)18-11-8-7-9-16(18)2/h7-9,11,17H,4-6,10,12-15H2,1-3H3. The van der Waals surface area contributed by atoms with Crippen molar-refractivity contribution in [2.24, 2.45) is 0 Å². The second-order valence-corrected chi connectivity index (χ2v) is 6.15. The summed E-state index contributed by atoms with van der Waals surface area (Å²) in [6.45, 7) is 11.7. The molecule has 1 aromatic carbocycles. The van der Waals surface area contributed by atoms with E-state index in [0.29, 0.717) is 0 Å². The highest BCUT2D eigenvalue weighted by atomic mass is 15.3. The van der Waals surface area contributed by atoms with Gasteiger partial charge in [0, 0.05) is 37.9 Å². The molecule has 1 fully saturated rings. The number of nitrogens with zero attached hydrogens (tertiary/aromatic N) is 2. The lowest BCUT2D eigenvalue weighted by molar-refractivity contribution is 0.185. The minimum atomic E-state index is 0.751. The van der Waals surface area contributed by atoms with Crippen LogP contribution in [0, 0.1) is 6.92 Å². The molecule has 20 heavy (non-hydrogen) atoms. The molecule has 1 heterocycles. The molecule has 0 saturated carbocycles. The topological polar surface area (TPSA) is 6.48 Å². The van der Waals surface area contributed by atoms with Crippen LogP contribution in [0.3, 0.4) is 0 Å². The highest BCUT2D eigenvalue weighted by Crippen LogP contribution is 2.22. The van der Waals surface area contributed by atoms with E-state index in [2.05, 4.69) is 54.8 Å². The fourth-order valence-corrected chi connectivity index (χ4v) is 3.19. The van der Waals surface area contributed by atoms with Gasteiger partial charge in [0.05, 0.1) is 0 Å². The first kappa shape index (κ1) is 15.4. The van der Waals surface area contributed by atoms with Gasteiger partial charge in [-0.05, 0) is 31.9 Å². The van der Waals surface area contributed by atoms with Crippen LogP contribution in [-0.2, 0) is 0 Å². The number of rotatable bonds is 6. The Balaban J connectivity index is 1.82. The van der Waals surface area contributed by atoms with Gasteiger partial charge >= 0.3 is 0 Å². The van der Waals surface area contributed by atoms with E-state index in [-0.39, 0.29) is 0 Å². The molecular weight excluding hydrogens is 244 g/mol. The molecule has 1 saturated heterocycles. The number of piperazine rings is 1. The van der Waals surface area contributed by atoms with E-state index in [4.69, 9.17) is 0 Å². The molecule has 0 spiro atoms. The van der Waals surface area contributed by atoms with Gasteiger partial charge in [0.2, 0.25) is 0 Å². The van der Waals surface area contributed by atoms with E-state index in [1.807, 2.05) is 0 Å². The van der Waals surface area contributed by atoms with Crippen molar-refractivity contribution >= 4 is 5.69 Å². The molecule has 1 aromatic rings. The van der Waals surface area contributed by atoms with Crippen LogP contribution >= 0.6 is 0 Å². The molecule has 1 aliphatic heterocycles. The average Bonchev–Trinajstić information content (AvgIpc) is 2.48. The van der Waals surface area contributed by atoms with Gasteiger partial charge in [-0.2, -0.15) is 0 Å². The minimum absolute atomic E-state index is 0.751. The Hall–Kier alpha value is -1.02. The summed E-state index contributed by atoms with van der Waals surface area (Å²) in [6, 6.07) is 9.51. The molecule has 1 unspecified atom stereocenters. The van der Waals surface area contributed by atoms with Crippen LogP contribution in [0.15, 0.2) is 24.3 Å². The third-order valence-electron chi connectivity index (χ3n) is 4.62. The van der Waals surface area contributed by atoms with Gasteiger partial charge in [0.25, 0.3) is 0 Å². The van der Waals surface area contributed by atoms with Crippen LogP contribution in [0.2, 0.25) is 0 Å². The Bertz CT molecular complexity index is 394. The van der Waals surface area contributed by atoms with E-state index in [1.165, 1.54) is 63.1 Å². The van der Waals surface area contributed by atoms with Gasteiger partial charge in [-0.3, -0.25) is 4.90 Å². The largest absolute Gasteiger partial charge is 0.369 e. The van der Waals surface area contributed by atoms with Crippen molar-refractivity contribution < 1.29 is 0 Å². The first-order valence-corrected chi connectivity index (χ1v) is 8.27. The quantitative estimate of drug-likeness (QED) is 0.721. The molecule has 0 radical (unpaired) electrons. The van der Waals surface area contributed by atoms with E-state index >= 15 is 0 Å². The Morgan fingerprint density at radius 3 is 2.40 bits per heavy atom. The highest BCUT2D eigenvalue weighted by Gasteiger charge is 2.21. The second kappa shape index (κ2) is 7.68.